The first-order valence-corrected chi connectivity index (χ1v) is 10.6. The van der Waals surface area contributed by atoms with E-state index in [1.165, 1.54) is 52.8 Å². The van der Waals surface area contributed by atoms with Gasteiger partial charge in [0.15, 0.2) is 5.16 Å². The summed E-state index contributed by atoms with van der Waals surface area (Å²) in [5.74, 6) is -0.317. The number of anilines is 1. The number of thioether (sulfide) groups is 1. The maximum Gasteiger partial charge on any atom is 0.414 e. The van der Waals surface area contributed by atoms with Crippen LogP contribution in [-0.4, -0.2) is 50.7 Å². The van der Waals surface area contributed by atoms with E-state index in [4.69, 9.17) is 4.74 Å². The molecule has 3 heterocycles. The Labute approximate surface area is 185 Å². The van der Waals surface area contributed by atoms with Crippen LogP contribution >= 0.6 is 11.8 Å². The number of aromatic amines is 1. The van der Waals surface area contributed by atoms with Crippen LogP contribution in [0.15, 0.2) is 52.9 Å². The van der Waals surface area contributed by atoms with Crippen molar-refractivity contribution in [3.63, 3.8) is 0 Å². The first kappa shape index (κ1) is 21.6. The lowest BCUT2D eigenvalue weighted by Crippen LogP contribution is -2.33. The molecule has 0 unspecified atom stereocenters. The quantitative estimate of drug-likeness (QED) is 0.409. The van der Waals surface area contributed by atoms with E-state index in [2.05, 4.69) is 20.3 Å². The number of amides is 2. The number of carbonyl (C=O) groups excluding carboxylic acids is 2. The Morgan fingerprint density at radius 2 is 2.19 bits per heavy atom. The fraction of sp³-hybridized carbons (Fsp3) is 0.250. The maximum atomic E-state index is 14.8. The predicted octanol–water partition coefficient (Wildman–Crippen LogP) is 1.85. The fourth-order valence-electron chi connectivity index (χ4n) is 3.11. The van der Waals surface area contributed by atoms with Crippen molar-refractivity contribution in [3.05, 3.63) is 64.9 Å². The minimum Gasteiger partial charge on any atom is -0.442 e. The minimum atomic E-state index is -0.595. The normalized spacial score (nSPS) is 15.6. The summed E-state index contributed by atoms with van der Waals surface area (Å²) in [4.78, 5) is 46.8. The first-order valence-electron chi connectivity index (χ1n) is 9.62. The van der Waals surface area contributed by atoms with Crippen LogP contribution in [0.25, 0.3) is 5.69 Å². The van der Waals surface area contributed by atoms with Gasteiger partial charge in [-0.2, -0.15) is 0 Å². The topological polar surface area (TPSA) is 122 Å². The number of hydrogen-bond acceptors (Lipinski definition) is 7. The largest absolute Gasteiger partial charge is 0.442 e. The molecule has 2 N–H and O–H groups in total. The number of halogens is 1. The molecule has 1 aliphatic rings. The van der Waals surface area contributed by atoms with Crippen LogP contribution in [0.2, 0.25) is 0 Å². The van der Waals surface area contributed by atoms with Gasteiger partial charge >= 0.3 is 6.09 Å². The average Bonchev–Trinajstić information content (AvgIpc) is 3.37. The highest BCUT2D eigenvalue weighted by Gasteiger charge is 2.32. The number of H-pyrrole nitrogens is 1. The Bertz CT molecular complexity index is 1210. The van der Waals surface area contributed by atoms with Crippen molar-refractivity contribution in [1.82, 2.24) is 24.8 Å². The van der Waals surface area contributed by atoms with Gasteiger partial charge in [-0.25, -0.2) is 19.2 Å². The SMILES string of the molecule is CC(=O)NC[C@H]1CN(c2ccc(-n3cnc(CSc4nccc(=O)[nH]4)c3)c(F)c2)C(=O)O1. The van der Waals surface area contributed by atoms with E-state index < -0.39 is 18.0 Å². The molecule has 0 spiro atoms. The van der Waals surface area contributed by atoms with Gasteiger partial charge in [-0.05, 0) is 18.2 Å². The van der Waals surface area contributed by atoms with Gasteiger partial charge in [0.05, 0.1) is 36.5 Å². The summed E-state index contributed by atoms with van der Waals surface area (Å²) < 4.78 is 21.6. The van der Waals surface area contributed by atoms with E-state index in [9.17, 15) is 18.8 Å². The Morgan fingerprint density at radius 1 is 1.34 bits per heavy atom. The molecule has 0 radical (unpaired) electrons. The van der Waals surface area contributed by atoms with Crippen LogP contribution in [-0.2, 0) is 15.3 Å². The van der Waals surface area contributed by atoms with Crippen molar-refractivity contribution in [1.29, 1.82) is 0 Å². The van der Waals surface area contributed by atoms with Gasteiger partial charge in [0.2, 0.25) is 5.91 Å². The molecule has 1 fully saturated rings. The number of carbonyl (C=O) groups is 2. The Kier molecular flexibility index (Phi) is 6.21. The van der Waals surface area contributed by atoms with Crippen molar-refractivity contribution in [3.8, 4) is 5.69 Å². The zero-order valence-corrected chi connectivity index (χ0v) is 17.8. The maximum absolute atomic E-state index is 14.8. The molecule has 0 aliphatic carbocycles. The van der Waals surface area contributed by atoms with Gasteiger partial charge in [0.1, 0.15) is 11.9 Å². The number of aromatic nitrogens is 4. The highest BCUT2D eigenvalue weighted by atomic mass is 32.2. The summed E-state index contributed by atoms with van der Waals surface area (Å²) >= 11 is 1.31. The summed E-state index contributed by atoms with van der Waals surface area (Å²) in [7, 11) is 0. The number of cyclic esters (lactones) is 1. The first-order chi connectivity index (χ1) is 15.4. The number of benzene rings is 1. The Balaban J connectivity index is 1.43. The lowest BCUT2D eigenvalue weighted by Gasteiger charge is -2.14. The summed E-state index contributed by atoms with van der Waals surface area (Å²) in [6.45, 7) is 1.78. The molecule has 12 heteroatoms. The molecule has 0 saturated carbocycles. The third kappa shape index (κ3) is 4.97. The fourth-order valence-corrected chi connectivity index (χ4v) is 3.85. The highest BCUT2D eigenvalue weighted by Crippen LogP contribution is 2.26. The van der Waals surface area contributed by atoms with Gasteiger partial charge < -0.3 is 19.6 Å². The molecular formula is C20H19FN6O4S. The van der Waals surface area contributed by atoms with Crippen molar-refractivity contribution in [2.24, 2.45) is 0 Å². The molecule has 3 aromatic rings. The zero-order valence-electron chi connectivity index (χ0n) is 16.9. The molecule has 32 heavy (non-hydrogen) atoms. The van der Waals surface area contributed by atoms with Gasteiger partial charge in [-0.1, -0.05) is 11.8 Å². The standard InChI is InChI=1S/C20H19FN6O4S/c1-12(28)23-7-15-9-27(20(30)31-15)14-2-3-17(16(21)6-14)26-8-13(24-11-26)10-32-19-22-5-4-18(29)25-19/h2-6,8,11,15H,7,9-10H2,1H3,(H,23,28)(H,22,25,29)/t15-/m0/s1. The van der Waals surface area contributed by atoms with E-state index in [0.29, 0.717) is 22.3 Å². The molecule has 2 aromatic heterocycles. The van der Waals surface area contributed by atoms with Gasteiger partial charge in [-0.3, -0.25) is 14.5 Å². The molecule has 166 valence electrons. The van der Waals surface area contributed by atoms with Crippen LogP contribution in [0, 0.1) is 5.82 Å². The van der Waals surface area contributed by atoms with E-state index >= 15 is 0 Å². The van der Waals surface area contributed by atoms with Gasteiger partial charge in [0.25, 0.3) is 5.56 Å². The van der Waals surface area contributed by atoms with E-state index in [0.717, 1.165) is 0 Å². The van der Waals surface area contributed by atoms with E-state index in [1.54, 1.807) is 18.3 Å². The van der Waals surface area contributed by atoms with Crippen LogP contribution < -0.4 is 15.8 Å². The number of nitrogens with one attached hydrogen (secondary N) is 2. The van der Waals surface area contributed by atoms with Crippen molar-refractivity contribution < 1.29 is 18.7 Å². The third-order valence-electron chi connectivity index (χ3n) is 4.61. The molecule has 1 saturated heterocycles. The number of hydrogen-bond donors (Lipinski definition) is 2. The smallest absolute Gasteiger partial charge is 0.414 e. The van der Waals surface area contributed by atoms with E-state index in [1.807, 2.05) is 0 Å². The number of rotatable bonds is 7. The van der Waals surface area contributed by atoms with Crippen molar-refractivity contribution in [2.45, 2.75) is 23.9 Å². The highest BCUT2D eigenvalue weighted by molar-refractivity contribution is 7.98. The van der Waals surface area contributed by atoms with Crippen LogP contribution in [0.5, 0.6) is 0 Å². The van der Waals surface area contributed by atoms with Crippen LogP contribution in [0.4, 0.5) is 14.9 Å². The monoisotopic (exact) mass is 458 g/mol. The lowest BCUT2D eigenvalue weighted by atomic mass is 10.2. The summed E-state index contributed by atoms with van der Waals surface area (Å²) in [5, 5.41) is 3.07. The lowest BCUT2D eigenvalue weighted by molar-refractivity contribution is -0.119. The summed E-state index contributed by atoms with van der Waals surface area (Å²) in [6.07, 6.45) is 3.50. The number of nitrogens with zero attached hydrogens (tertiary/aromatic N) is 4. The molecular weight excluding hydrogens is 439 g/mol. The molecule has 0 bridgehead atoms. The number of imidazole rings is 1. The molecule has 4 rings (SSSR count). The summed E-state index contributed by atoms with van der Waals surface area (Å²) in [6, 6.07) is 5.75. The van der Waals surface area contributed by atoms with Crippen molar-refractivity contribution in [2.75, 3.05) is 18.0 Å². The second kappa shape index (κ2) is 9.22. The van der Waals surface area contributed by atoms with Crippen molar-refractivity contribution >= 4 is 29.4 Å². The number of ether oxygens (including phenoxy) is 1. The molecule has 1 aromatic carbocycles. The second-order valence-electron chi connectivity index (χ2n) is 6.99. The molecule has 2 amide bonds. The van der Waals surface area contributed by atoms with E-state index in [-0.39, 0.29) is 30.2 Å². The predicted molar refractivity (Wildman–Crippen MR) is 114 cm³/mol. The second-order valence-corrected chi connectivity index (χ2v) is 7.95. The Hall–Kier alpha value is -3.67. The minimum absolute atomic E-state index is 0.195. The van der Waals surface area contributed by atoms with Gasteiger partial charge in [-0.15, -0.1) is 0 Å². The van der Waals surface area contributed by atoms with Crippen LogP contribution in [0.1, 0.15) is 12.6 Å². The zero-order chi connectivity index (χ0) is 22.7. The Morgan fingerprint density at radius 3 is 2.94 bits per heavy atom. The van der Waals surface area contributed by atoms with Gasteiger partial charge in [0, 0.05) is 31.1 Å². The average molecular weight is 458 g/mol. The molecule has 1 aliphatic heterocycles. The summed E-state index contributed by atoms with van der Waals surface area (Å²) in [5.41, 5.74) is 1.06. The molecule has 1 atom stereocenters. The van der Waals surface area contributed by atoms with Crippen LogP contribution in [0.3, 0.4) is 0 Å². The molecule has 10 nitrogen and oxygen atoms in total. The third-order valence-corrected chi connectivity index (χ3v) is 5.54.